The van der Waals surface area contributed by atoms with Crippen molar-refractivity contribution in [2.75, 3.05) is 0 Å². The second kappa shape index (κ2) is 28.6. The van der Waals surface area contributed by atoms with Crippen LogP contribution < -0.4 is 0 Å². The molecule has 0 rings (SSSR count). The molecule has 14 nitrogen and oxygen atoms in total. The molecule has 0 fully saturated rings. The van der Waals surface area contributed by atoms with Crippen LogP contribution in [0.4, 0.5) is 0 Å². The van der Waals surface area contributed by atoms with Gasteiger partial charge in [0.25, 0.3) is 0 Å². The SMILES string of the molecule is CC(O)C(=O)O.O.O.O.O=S(=O)(O)O.O=S(=O)(O)O.[CaH2].[CaH2].[CaH2]. The normalized spacial score (nSPS) is 9.00. The van der Waals surface area contributed by atoms with E-state index in [-0.39, 0.29) is 130 Å². The third kappa shape index (κ3) is 233. The van der Waals surface area contributed by atoms with E-state index in [2.05, 4.69) is 0 Å². The van der Waals surface area contributed by atoms with Crippen LogP contribution in [0.2, 0.25) is 0 Å². The first-order chi connectivity index (χ1) is 6.64. The molecule has 0 heterocycles. The predicted molar refractivity (Wildman–Crippen MR) is 84.1 cm³/mol. The van der Waals surface area contributed by atoms with Crippen molar-refractivity contribution in [3.05, 3.63) is 0 Å². The van der Waals surface area contributed by atoms with Gasteiger partial charge in [0.2, 0.25) is 0 Å². The molecule has 0 spiro atoms. The average molecular weight is 467 g/mol. The number of carboxylic acid groups (broad SMARTS) is 1. The summed E-state index contributed by atoms with van der Waals surface area (Å²) in [6.45, 7) is 1.20. The fourth-order valence-corrected chi connectivity index (χ4v) is 0. The summed E-state index contributed by atoms with van der Waals surface area (Å²) in [5, 5.41) is 15.8. The van der Waals surface area contributed by atoms with E-state index in [0.717, 1.165) is 0 Å². The van der Waals surface area contributed by atoms with Crippen molar-refractivity contribution in [3.8, 4) is 0 Å². The van der Waals surface area contributed by atoms with Gasteiger partial charge in [-0.25, -0.2) is 4.79 Å². The molecule has 0 amide bonds. The Hall–Kier alpha value is 2.83. The fourth-order valence-electron chi connectivity index (χ4n) is 0. The van der Waals surface area contributed by atoms with Crippen LogP contribution in [-0.2, 0) is 25.6 Å². The number of hydrogen-bond donors (Lipinski definition) is 6. The number of carboxylic acids is 1. The van der Waals surface area contributed by atoms with Crippen LogP contribution in [-0.4, -0.2) is 187 Å². The topological polar surface area (TPSA) is 301 Å². The summed E-state index contributed by atoms with van der Waals surface area (Å²) in [7, 11) is -9.33. The molecule has 0 aliphatic rings. The first-order valence-electron chi connectivity index (χ1n) is 2.95. The predicted octanol–water partition coefficient (Wildman–Crippen LogP) is -7.08. The summed E-state index contributed by atoms with van der Waals surface area (Å²) >= 11 is 0. The summed E-state index contributed by atoms with van der Waals surface area (Å²) in [6, 6.07) is 0. The Morgan fingerprint density at radius 3 is 0.818 bits per heavy atom. The van der Waals surface area contributed by atoms with E-state index < -0.39 is 32.9 Å². The van der Waals surface area contributed by atoms with Crippen molar-refractivity contribution in [1.82, 2.24) is 0 Å². The molecule has 0 radical (unpaired) electrons. The van der Waals surface area contributed by atoms with Gasteiger partial charge in [0.1, 0.15) is 6.10 Å². The van der Waals surface area contributed by atoms with E-state index in [1.165, 1.54) is 6.92 Å². The van der Waals surface area contributed by atoms with Crippen molar-refractivity contribution in [3.63, 3.8) is 0 Å². The quantitative estimate of drug-likeness (QED) is 0.156. The number of carbonyl (C=O) groups is 1. The first-order valence-corrected chi connectivity index (χ1v) is 5.74. The maximum absolute atomic E-state index is 9.45. The number of aliphatic hydroxyl groups is 1. The van der Waals surface area contributed by atoms with Crippen LogP contribution in [0.15, 0.2) is 0 Å². The molecule has 0 aromatic heterocycles. The molecule has 1 atom stereocenters. The van der Waals surface area contributed by atoms with Crippen LogP contribution in [0.1, 0.15) is 6.92 Å². The van der Waals surface area contributed by atoms with Crippen molar-refractivity contribution in [2.24, 2.45) is 0 Å². The molecule has 0 saturated heterocycles. The van der Waals surface area contributed by atoms with Crippen LogP contribution >= 0.6 is 0 Å². The molecule has 0 bridgehead atoms. The zero-order chi connectivity index (χ0) is 14.2. The second-order valence-corrected chi connectivity index (χ2v) is 3.70. The Bertz CT molecular complexity index is 342. The molecular formula is C3H22Ca3O14S2. The van der Waals surface area contributed by atoms with E-state index in [9.17, 15) is 4.79 Å². The van der Waals surface area contributed by atoms with Crippen LogP contribution in [0.5, 0.6) is 0 Å². The minimum absolute atomic E-state index is 0. The molecule has 0 aromatic carbocycles. The summed E-state index contributed by atoms with van der Waals surface area (Å²) < 4.78 is 63.2. The average Bonchev–Trinajstić information content (AvgIpc) is 1.77. The standard InChI is InChI=1S/C3H6O3.3Ca.2H2O4S.3H2O.6H/c1-2(4)3(5)6;;;;2*1-5(2,3)4;;;;;;;;;/h2,4H,1H3,(H,5,6);;;;2*(H2,1,2,3,4);3*1H2;;;;;;. The van der Waals surface area contributed by atoms with Gasteiger partial charge in [-0.3, -0.25) is 18.2 Å². The second-order valence-electron chi connectivity index (χ2n) is 1.91. The van der Waals surface area contributed by atoms with E-state index in [1.54, 1.807) is 0 Å². The van der Waals surface area contributed by atoms with Gasteiger partial charge in [0.15, 0.2) is 0 Å². The van der Waals surface area contributed by atoms with Crippen molar-refractivity contribution in [2.45, 2.75) is 13.0 Å². The van der Waals surface area contributed by atoms with Gasteiger partial charge in [-0.15, -0.1) is 0 Å². The Kier molecular flexibility index (Phi) is 73.2. The molecule has 136 valence electrons. The summed E-state index contributed by atoms with van der Waals surface area (Å²) in [4.78, 5) is 9.45. The Labute approximate surface area is 215 Å². The summed E-state index contributed by atoms with van der Waals surface area (Å²) in [5.74, 6) is -1.19. The van der Waals surface area contributed by atoms with Crippen LogP contribution in [0, 0.1) is 0 Å². The van der Waals surface area contributed by atoms with Gasteiger partial charge in [0.05, 0.1) is 0 Å². The summed E-state index contributed by atoms with van der Waals surface area (Å²) in [6.07, 6.45) is -1.23. The molecule has 0 aliphatic carbocycles. The number of hydrogen-bond acceptors (Lipinski definition) is 6. The van der Waals surface area contributed by atoms with Gasteiger partial charge < -0.3 is 26.6 Å². The Morgan fingerprint density at radius 2 is 0.818 bits per heavy atom. The molecule has 1 unspecified atom stereocenters. The molecular weight excluding hydrogens is 444 g/mol. The van der Waals surface area contributed by atoms with Gasteiger partial charge in [-0.2, -0.15) is 16.8 Å². The molecule has 0 saturated carbocycles. The molecule has 0 aromatic rings. The van der Waals surface area contributed by atoms with Gasteiger partial charge >= 0.3 is 140 Å². The van der Waals surface area contributed by atoms with Crippen LogP contribution in [0.25, 0.3) is 0 Å². The van der Waals surface area contributed by atoms with E-state index in [0.29, 0.717) is 0 Å². The van der Waals surface area contributed by atoms with E-state index in [4.69, 9.17) is 45.3 Å². The minimum atomic E-state index is -4.67. The number of rotatable bonds is 1. The number of aliphatic carboxylic acids is 1. The Morgan fingerprint density at radius 1 is 0.773 bits per heavy atom. The zero-order valence-corrected chi connectivity index (χ0v) is 10.8. The van der Waals surface area contributed by atoms with Gasteiger partial charge in [-0.1, -0.05) is 0 Å². The van der Waals surface area contributed by atoms with Crippen molar-refractivity contribution in [1.29, 1.82) is 0 Å². The Balaban J connectivity index is -0.0000000145. The number of aliphatic hydroxyl groups excluding tert-OH is 1. The molecule has 0 aliphatic heterocycles. The van der Waals surface area contributed by atoms with Crippen molar-refractivity contribution < 1.29 is 66.5 Å². The molecule has 12 N–H and O–H groups in total. The fraction of sp³-hybridized carbons (Fsp3) is 0.667. The summed E-state index contributed by atoms with van der Waals surface area (Å²) in [5.41, 5.74) is 0. The van der Waals surface area contributed by atoms with Crippen LogP contribution in [0.3, 0.4) is 0 Å². The third-order valence-electron chi connectivity index (χ3n) is 0.357. The van der Waals surface area contributed by atoms with Gasteiger partial charge in [-0.05, 0) is 6.92 Å². The third-order valence-corrected chi connectivity index (χ3v) is 0.357. The first kappa shape index (κ1) is 56.3. The van der Waals surface area contributed by atoms with Crippen molar-refractivity contribution >= 4 is 140 Å². The molecule has 19 heteroatoms. The van der Waals surface area contributed by atoms with Gasteiger partial charge in [0, 0.05) is 0 Å². The zero-order valence-electron chi connectivity index (χ0n) is 9.12. The van der Waals surface area contributed by atoms with E-state index >= 15 is 0 Å². The maximum atomic E-state index is 9.45. The van der Waals surface area contributed by atoms with E-state index in [1.807, 2.05) is 0 Å². The monoisotopic (exact) mass is 466 g/mol. The molecule has 22 heavy (non-hydrogen) atoms.